The minimum Gasteiger partial charge on any atom is -0.487 e. The van der Waals surface area contributed by atoms with E-state index in [4.69, 9.17) is 4.74 Å². The molecule has 1 atom stereocenters. The monoisotopic (exact) mass is 434 g/mol. The van der Waals surface area contributed by atoms with Crippen molar-refractivity contribution in [3.8, 4) is 5.75 Å². The number of ether oxygens (including phenoxy) is 1. The number of benzene rings is 2. The van der Waals surface area contributed by atoms with Gasteiger partial charge in [0.25, 0.3) is 5.91 Å². The number of nitrogens with one attached hydrogen (secondary N) is 2. The Morgan fingerprint density at radius 2 is 1.94 bits per heavy atom. The molecule has 1 unspecified atom stereocenters. The number of nitrogens with zero attached hydrogens (tertiary/aromatic N) is 2. The normalized spacial score (nSPS) is 16.5. The Morgan fingerprint density at radius 3 is 2.62 bits per heavy atom. The lowest BCUT2D eigenvalue weighted by molar-refractivity contribution is 0.102. The summed E-state index contributed by atoms with van der Waals surface area (Å²) in [5, 5.41) is 6.36. The van der Waals surface area contributed by atoms with Gasteiger partial charge in [0.15, 0.2) is 0 Å². The predicted molar refractivity (Wildman–Crippen MR) is 122 cm³/mol. The molecule has 1 fully saturated rings. The standard InChI is InChI=1S/C25H27FN4O2/c1-18-15-30(13-12-27-18)16-19-2-7-22(8-3-19)29-25(31)20-4-9-23(28-14-20)17-32-24-10-5-21(26)6-11-24/h2-11,14,18,27H,12-13,15-17H2,1H3,(H,29,31). The number of amides is 1. The van der Waals surface area contributed by atoms with Crippen LogP contribution in [0, 0.1) is 5.82 Å². The molecule has 1 aliphatic rings. The third-order valence-corrected chi connectivity index (χ3v) is 5.36. The molecular weight excluding hydrogens is 407 g/mol. The van der Waals surface area contributed by atoms with E-state index in [0.29, 0.717) is 23.0 Å². The zero-order valence-electron chi connectivity index (χ0n) is 18.1. The third kappa shape index (κ3) is 6.12. The van der Waals surface area contributed by atoms with Gasteiger partial charge >= 0.3 is 0 Å². The quantitative estimate of drug-likeness (QED) is 0.591. The SMILES string of the molecule is CC1CN(Cc2ccc(NC(=O)c3ccc(COc4ccc(F)cc4)nc3)cc2)CCN1. The van der Waals surface area contributed by atoms with E-state index in [2.05, 4.69) is 39.6 Å². The van der Waals surface area contributed by atoms with Crippen LogP contribution in [0.25, 0.3) is 0 Å². The van der Waals surface area contributed by atoms with Gasteiger partial charge in [-0.05, 0) is 61.0 Å². The van der Waals surface area contributed by atoms with E-state index in [1.165, 1.54) is 23.9 Å². The second-order valence-corrected chi connectivity index (χ2v) is 8.02. The first-order valence-electron chi connectivity index (χ1n) is 10.7. The fourth-order valence-electron chi connectivity index (χ4n) is 3.64. The molecule has 1 saturated heterocycles. The van der Waals surface area contributed by atoms with Crippen molar-refractivity contribution in [2.75, 3.05) is 25.0 Å². The summed E-state index contributed by atoms with van der Waals surface area (Å²) in [6, 6.07) is 17.7. The molecule has 3 aromatic rings. The lowest BCUT2D eigenvalue weighted by Crippen LogP contribution is -2.48. The first-order chi connectivity index (χ1) is 15.5. The van der Waals surface area contributed by atoms with Crippen LogP contribution in [0.5, 0.6) is 5.75 Å². The zero-order chi connectivity index (χ0) is 22.3. The van der Waals surface area contributed by atoms with Crippen molar-refractivity contribution in [3.63, 3.8) is 0 Å². The highest BCUT2D eigenvalue weighted by atomic mass is 19.1. The van der Waals surface area contributed by atoms with Crippen LogP contribution in [0.15, 0.2) is 66.9 Å². The predicted octanol–water partition coefficient (Wildman–Crippen LogP) is 3.85. The summed E-state index contributed by atoms with van der Waals surface area (Å²) in [5.41, 5.74) is 3.12. The molecule has 2 heterocycles. The summed E-state index contributed by atoms with van der Waals surface area (Å²) in [5.74, 6) is 0.0341. The molecule has 166 valence electrons. The van der Waals surface area contributed by atoms with E-state index in [-0.39, 0.29) is 18.3 Å². The van der Waals surface area contributed by atoms with Crippen molar-refractivity contribution >= 4 is 11.6 Å². The average molecular weight is 435 g/mol. The molecule has 7 heteroatoms. The molecular formula is C25H27FN4O2. The molecule has 1 aromatic heterocycles. The largest absolute Gasteiger partial charge is 0.487 e. The minimum atomic E-state index is -0.310. The number of aromatic nitrogens is 1. The number of carbonyl (C=O) groups is 1. The summed E-state index contributed by atoms with van der Waals surface area (Å²) < 4.78 is 18.5. The fourth-order valence-corrected chi connectivity index (χ4v) is 3.64. The number of halogens is 1. The second-order valence-electron chi connectivity index (χ2n) is 8.02. The number of hydrogen-bond donors (Lipinski definition) is 2. The molecule has 1 aliphatic heterocycles. The Bertz CT molecular complexity index is 1020. The number of piperazine rings is 1. The summed E-state index contributed by atoms with van der Waals surface area (Å²) in [4.78, 5) is 19.3. The van der Waals surface area contributed by atoms with Gasteiger partial charge in [0.1, 0.15) is 18.2 Å². The molecule has 2 aromatic carbocycles. The lowest BCUT2D eigenvalue weighted by Gasteiger charge is -2.31. The number of anilines is 1. The Kier molecular flexibility index (Phi) is 7.09. The molecule has 0 saturated carbocycles. The number of carbonyl (C=O) groups excluding carboxylic acids is 1. The van der Waals surface area contributed by atoms with Gasteiger partial charge in [0, 0.05) is 44.1 Å². The van der Waals surface area contributed by atoms with E-state index in [1.54, 1.807) is 24.3 Å². The average Bonchev–Trinajstić information content (AvgIpc) is 2.80. The number of pyridine rings is 1. The molecule has 0 spiro atoms. The topological polar surface area (TPSA) is 66.5 Å². The van der Waals surface area contributed by atoms with Crippen LogP contribution < -0.4 is 15.4 Å². The number of rotatable bonds is 7. The first-order valence-corrected chi connectivity index (χ1v) is 10.7. The highest BCUT2D eigenvalue weighted by Gasteiger charge is 2.15. The van der Waals surface area contributed by atoms with Gasteiger partial charge in [-0.15, -0.1) is 0 Å². The van der Waals surface area contributed by atoms with Crippen molar-refractivity contribution in [1.29, 1.82) is 0 Å². The summed E-state index contributed by atoms with van der Waals surface area (Å²) in [7, 11) is 0. The van der Waals surface area contributed by atoms with Crippen LogP contribution in [0.2, 0.25) is 0 Å². The van der Waals surface area contributed by atoms with Gasteiger partial charge in [-0.25, -0.2) is 4.39 Å². The fraction of sp³-hybridized carbons (Fsp3) is 0.280. The van der Waals surface area contributed by atoms with E-state index in [9.17, 15) is 9.18 Å². The molecule has 0 aliphatic carbocycles. The van der Waals surface area contributed by atoms with Gasteiger partial charge in [-0.1, -0.05) is 12.1 Å². The Balaban J connectivity index is 1.28. The van der Waals surface area contributed by atoms with Crippen molar-refractivity contribution in [2.45, 2.75) is 26.1 Å². The summed E-state index contributed by atoms with van der Waals surface area (Å²) in [6.45, 7) is 6.44. The maximum atomic E-state index is 12.9. The summed E-state index contributed by atoms with van der Waals surface area (Å²) in [6.07, 6.45) is 1.53. The molecule has 32 heavy (non-hydrogen) atoms. The lowest BCUT2D eigenvalue weighted by atomic mass is 10.1. The van der Waals surface area contributed by atoms with E-state index < -0.39 is 0 Å². The molecule has 0 bridgehead atoms. The maximum Gasteiger partial charge on any atom is 0.257 e. The Hall–Kier alpha value is -3.29. The van der Waals surface area contributed by atoms with Gasteiger partial charge in [0.2, 0.25) is 0 Å². The molecule has 4 rings (SSSR count). The minimum absolute atomic E-state index is 0.216. The second kappa shape index (κ2) is 10.3. The van der Waals surface area contributed by atoms with Crippen molar-refractivity contribution in [1.82, 2.24) is 15.2 Å². The van der Waals surface area contributed by atoms with Crippen molar-refractivity contribution in [2.24, 2.45) is 0 Å². The van der Waals surface area contributed by atoms with Crippen molar-refractivity contribution < 1.29 is 13.9 Å². The third-order valence-electron chi connectivity index (χ3n) is 5.36. The summed E-state index contributed by atoms with van der Waals surface area (Å²) >= 11 is 0. The van der Waals surface area contributed by atoms with Gasteiger partial charge in [0.05, 0.1) is 11.3 Å². The molecule has 2 N–H and O–H groups in total. The van der Waals surface area contributed by atoms with E-state index in [0.717, 1.165) is 31.9 Å². The molecule has 1 amide bonds. The van der Waals surface area contributed by atoms with E-state index in [1.807, 2.05) is 12.1 Å². The van der Waals surface area contributed by atoms with Gasteiger partial charge < -0.3 is 15.4 Å². The van der Waals surface area contributed by atoms with Crippen LogP contribution in [0.3, 0.4) is 0 Å². The zero-order valence-corrected chi connectivity index (χ0v) is 18.1. The Morgan fingerprint density at radius 1 is 1.16 bits per heavy atom. The van der Waals surface area contributed by atoms with Crippen LogP contribution >= 0.6 is 0 Å². The van der Waals surface area contributed by atoms with Crippen LogP contribution in [0.1, 0.15) is 28.5 Å². The maximum absolute atomic E-state index is 12.9. The molecule has 6 nitrogen and oxygen atoms in total. The van der Waals surface area contributed by atoms with Crippen LogP contribution in [-0.4, -0.2) is 41.5 Å². The van der Waals surface area contributed by atoms with Crippen LogP contribution in [-0.2, 0) is 13.2 Å². The highest BCUT2D eigenvalue weighted by Crippen LogP contribution is 2.15. The van der Waals surface area contributed by atoms with Crippen molar-refractivity contribution in [3.05, 3.63) is 89.5 Å². The molecule has 0 radical (unpaired) electrons. The van der Waals surface area contributed by atoms with Gasteiger partial charge in [-0.3, -0.25) is 14.7 Å². The highest BCUT2D eigenvalue weighted by molar-refractivity contribution is 6.04. The number of hydrogen-bond acceptors (Lipinski definition) is 5. The van der Waals surface area contributed by atoms with Gasteiger partial charge in [-0.2, -0.15) is 0 Å². The Labute approximate surface area is 187 Å². The van der Waals surface area contributed by atoms with Crippen LogP contribution in [0.4, 0.5) is 10.1 Å². The smallest absolute Gasteiger partial charge is 0.257 e. The van der Waals surface area contributed by atoms with E-state index >= 15 is 0 Å². The first kappa shape index (κ1) is 21.9.